The Bertz CT molecular complexity index is 510. The molecular formula is C14H16ClN3O. The van der Waals surface area contributed by atoms with E-state index >= 15 is 0 Å². The molecule has 0 spiro atoms. The van der Waals surface area contributed by atoms with Crippen LogP contribution in [0.15, 0.2) is 18.2 Å². The van der Waals surface area contributed by atoms with Crippen LogP contribution in [0.1, 0.15) is 24.8 Å². The summed E-state index contributed by atoms with van der Waals surface area (Å²) in [5.41, 5.74) is 1.34. The summed E-state index contributed by atoms with van der Waals surface area (Å²) in [6.07, 6.45) is 2.53. The van der Waals surface area contributed by atoms with E-state index in [4.69, 9.17) is 16.9 Å². The number of benzene rings is 1. The Labute approximate surface area is 118 Å². The van der Waals surface area contributed by atoms with Gasteiger partial charge >= 0.3 is 0 Å². The minimum atomic E-state index is 0.254. The average molecular weight is 278 g/mol. The molecule has 0 aliphatic carbocycles. The van der Waals surface area contributed by atoms with Crippen molar-refractivity contribution in [2.45, 2.75) is 19.3 Å². The molecular weight excluding hydrogens is 262 g/mol. The largest absolute Gasteiger partial charge is 0.384 e. The van der Waals surface area contributed by atoms with Gasteiger partial charge in [0.05, 0.1) is 11.3 Å². The summed E-state index contributed by atoms with van der Waals surface area (Å²) in [6.45, 7) is 2.39. The molecule has 19 heavy (non-hydrogen) atoms. The molecule has 1 aliphatic rings. The molecule has 1 aromatic rings. The van der Waals surface area contributed by atoms with Crippen molar-refractivity contribution in [2.24, 2.45) is 0 Å². The number of nitrogens with one attached hydrogen (secondary N) is 1. The molecule has 0 bridgehead atoms. The van der Waals surface area contributed by atoms with Crippen LogP contribution < -0.4 is 5.32 Å². The fourth-order valence-electron chi connectivity index (χ4n) is 2.20. The van der Waals surface area contributed by atoms with Gasteiger partial charge in [-0.15, -0.1) is 0 Å². The van der Waals surface area contributed by atoms with Crippen LogP contribution in [-0.4, -0.2) is 30.4 Å². The molecule has 100 valence electrons. The molecule has 0 atom stereocenters. The number of rotatable bonds is 5. The minimum absolute atomic E-state index is 0.254. The number of hydrogen-bond donors (Lipinski definition) is 1. The third kappa shape index (κ3) is 3.62. The number of halogens is 1. The number of carbonyl (C=O) groups is 1. The van der Waals surface area contributed by atoms with Gasteiger partial charge in [0, 0.05) is 31.1 Å². The van der Waals surface area contributed by atoms with Gasteiger partial charge < -0.3 is 10.2 Å². The van der Waals surface area contributed by atoms with Gasteiger partial charge in [-0.05, 0) is 31.0 Å². The van der Waals surface area contributed by atoms with E-state index in [0.29, 0.717) is 17.0 Å². The van der Waals surface area contributed by atoms with E-state index in [0.717, 1.165) is 38.2 Å². The maximum absolute atomic E-state index is 11.4. The fraction of sp³-hybridized carbons (Fsp3) is 0.429. The van der Waals surface area contributed by atoms with Crippen molar-refractivity contribution in [3.8, 4) is 6.07 Å². The number of hydrogen-bond acceptors (Lipinski definition) is 3. The topological polar surface area (TPSA) is 56.1 Å². The lowest BCUT2D eigenvalue weighted by molar-refractivity contribution is -0.127. The van der Waals surface area contributed by atoms with Crippen LogP contribution in [0.25, 0.3) is 0 Å². The highest BCUT2D eigenvalue weighted by molar-refractivity contribution is 6.30. The quantitative estimate of drug-likeness (QED) is 0.842. The second kappa shape index (κ2) is 6.44. The maximum atomic E-state index is 11.4. The van der Waals surface area contributed by atoms with Crippen molar-refractivity contribution in [3.63, 3.8) is 0 Å². The lowest BCUT2D eigenvalue weighted by atomic mass is 10.2. The number of nitrogens with zero attached hydrogens (tertiary/aromatic N) is 2. The van der Waals surface area contributed by atoms with Crippen LogP contribution in [0.3, 0.4) is 0 Å². The smallest absolute Gasteiger partial charge is 0.222 e. The Balaban J connectivity index is 1.80. The molecule has 1 saturated heterocycles. The number of likely N-dealkylation sites (tertiary alicyclic amines) is 1. The zero-order valence-corrected chi connectivity index (χ0v) is 11.4. The first kappa shape index (κ1) is 13.7. The number of amides is 1. The maximum Gasteiger partial charge on any atom is 0.222 e. The van der Waals surface area contributed by atoms with Gasteiger partial charge in [0.1, 0.15) is 6.07 Å². The van der Waals surface area contributed by atoms with Crippen LogP contribution in [0.4, 0.5) is 5.69 Å². The second-order valence-corrected chi connectivity index (χ2v) is 5.00. The first-order valence-corrected chi connectivity index (χ1v) is 6.80. The molecule has 1 aromatic carbocycles. The average Bonchev–Trinajstić information content (AvgIpc) is 2.81. The van der Waals surface area contributed by atoms with Crippen LogP contribution >= 0.6 is 11.6 Å². The monoisotopic (exact) mass is 277 g/mol. The molecule has 1 amide bonds. The first-order chi connectivity index (χ1) is 9.20. The predicted octanol–water partition coefficient (Wildman–Crippen LogP) is 2.64. The minimum Gasteiger partial charge on any atom is -0.384 e. The summed E-state index contributed by atoms with van der Waals surface area (Å²) in [7, 11) is 0. The molecule has 2 rings (SSSR count). The molecule has 1 aliphatic heterocycles. The van der Waals surface area contributed by atoms with E-state index in [9.17, 15) is 4.79 Å². The number of nitriles is 1. The molecule has 0 aromatic heterocycles. The fourth-order valence-corrected chi connectivity index (χ4v) is 2.37. The van der Waals surface area contributed by atoms with E-state index in [1.54, 1.807) is 12.1 Å². The molecule has 0 saturated carbocycles. The highest BCUT2D eigenvalue weighted by atomic mass is 35.5. The normalized spacial score (nSPS) is 14.5. The van der Waals surface area contributed by atoms with Gasteiger partial charge in [0.25, 0.3) is 0 Å². The summed E-state index contributed by atoms with van der Waals surface area (Å²) < 4.78 is 0. The Morgan fingerprint density at radius 3 is 3.00 bits per heavy atom. The lowest BCUT2D eigenvalue weighted by Crippen LogP contribution is -2.27. The van der Waals surface area contributed by atoms with Crippen LogP contribution in [0.2, 0.25) is 5.02 Å². The van der Waals surface area contributed by atoms with Crippen molar-refractivity contribution in [1.29, 1.82) is 5.26 Å². The van der Waals surface area contributed by atoms with Crippen molar-refractivity contribution < 1.29 is 4.79 Å². The SMILES string of the molecule is N#Cc1cc(Cl)ccc1NCCCN1CCCC1=O. The lowest BCUT2D eigenvalue weighted by Gasteiger charge is -2.15. The third-order valence-corrected chi connectivity index (χ3v) is 3.43. The molecule has 0 unspecified atom stereocenters. The molecule has 5 heteroatoms. The summed E-state index contributed by atoms with van der Waals surface area (Å²) in [5, 5.41) is 12.8. The Morgan fingerprint density at radius 2 is 2.32 bits per heavy atom. The highest BCUT2D eigenvalue weighted by Gasteiger charge is 2.18. The zero-order chi connectivity index (χ0) is 13.7. The molecule has 1 heterocycles. The van der Waals surface area contributed by atoms with E-state index in [-0.39, 0.29) is 5.91 Å². The standard InChI is InChI=1S/C14H16ClN3O/c15-12-4-5-13(11(9-12)10-16)17-6-2-8-18-7-1-3-14(18)19/h4-5,9,17H,1-3,6-8H2. The summed E-state index contributed by atoms with van der Waals surface area (Å²) in [4.78, 5) is 13.3. The van der Waals surface area contributed by atoms with Gasteiger partial charge in [0.2, 0.25) is 5.91 Å². The summed E-state index contributed by atoms with van der Waals surface area (Å²) in [6, 6.07) is 7.33. The van der Waals surface area contributed by atoms with Gasteiger partial charge in [-0.2, -0.15) is 5.26 Å². The van der Waals surface area contributed by atoms with Gasteiger partial charge in [0.15, 0.2) is 0 Å². The Kier molecular flexibility index (Phi) is 4.64. The zero-order valence-electron chi connectivity index (χ0n) is 10.7. The van der Waals surface area contributed by atoms with Crippen molar-refractivity contribution in [1.82, 2.24) is 4.90 Å². The molecule has 4 nitrogen and oxygen atoms in total. The number of anilines is 1. The van der Waals surface area contributed by atoms with Gasteiger partial charge in [-0.25, -0.2) is 0 Å². The molecule has 1 fully saturated rings. The third-order valence-electron chi connectivity index (χ3n) is 3.19. The van der Waals surface area contributed by atoms with E-state index in [2.05, 4.69) is 11.4 Å². The second-order valence-electron chi connectivity index (χ2n) is 4.57. The number of carbonyl (C=O) groups excluding carboxylic acids is 1. The highest BCUT2D eigenvalue weighted by Crippen LogP contribution is 2.19. The van der Waals surface area contributed by atoms with Gasteiger partial charge in [-0.1, -0.05) is 11.6 Å². The van der Waals surface area contributed by atoms with Crippen LogP contribution in [0, 0.1) is 11.3 Å². The van der Waals surface area contributed by atoms with E-state index < -0.39 is 0 Å². The summed E-state index contributed by atoms with van der Waals surface area (Å²) in [5.74, 6) is 0.254. The van der Waals surface area contributed by atoms with Crippen molar-refractivity contribution in [3.05, 3.63) is 28.8 Å². The Morgan fingerprint density at radius 1 is 1.47 bits per heavy atom. The van der Waals surface area contributed by atoms with E-state index in [1.165, 1.54) is 0 Å². The predicted molar refractivity (Wildman–Crippen MR) is 75.1 cm³/mol. The van der Waals surface area contributed by atoms with E-state index in [1.807, 2.05) is 11.0 Å². The van der Waals surface area contributed by atoms with Crippen LogP contribution in [-0.2, 0) is 4.79 Å². The van der Waals surface area contributed by atoms with Crippen molar-refractivity contribution >= 4 is 23.2 Å². The van der Waals surface area contributed by atoms with Crippen molar-refractivity contribution in [2.75, 3.05) is 25.0 Å². The van der Waals surface area contributed by atoms with Crippen LogP contribution in [0.5, 0.6) is 0 Å². The summed E-state index contributed by atoms with van der Waals surface area (Å²) >= 11 is 5.84. The molecule has 0 radical (unpaired) electrons. The first-order valence-electron chi connectivity index (χ1n) is 6.42. The Hall–Kier alpha value is -1.73. The van der Waals surface area contributed by atoms with Gasteiger partial charge in [-0.3, -0.25) is 4.79 Å². The molecule has 1 N–H and O–H groups in total.